The summed E-state index contributed by atoms with van der Waals surface area (Å²) in [6.07, 6.45) is -12.8. The van der Waals surface area contributed by atoms with Gasteiger partial charge in [0, 0.05) is 0 Å². The number of allylic oxidation sites excluding steroid dienone is 2. The Morgan fingerprint density at radius 2 is 1.42 bits per heavy atom. The Kier molecular flexibility index (Phi) is 12.1. The van der Waals surface area contributed by atoms with Gasteiger partial charge in [-0.1, -0.05) is 53.2 Å². The molecule has 3 saturated heterocycles. The molecule has 3 aliphatic heterocycles. The van der Waals surface area contributed by atoms with Gasteiger partial charge in [0.25, 0.3) is 0 Å². The van der Waals surface area contributed by atoms with Gasteiger partial charge in [-0.15, -0.1) is 0 Å². The van der Waals surface area contributed by atoms with E-state index in [4.69, 9.17) is 33.2 Å². The lowest BCUT2D eigenvalue weighted by atomic mass is 9.34. The van der Waals surface area contributed by atoms with Gasteiger partial charge in [-0.05, 0) is 109 Å². The average Bonchev–Trinajstić information content (AvgIpc) is 3.64. The summed E-state index contributed by atoms with van der Waals surface area (Å²) in [7, 11) is 1.08. The van der Waals surface area contributed by atoms with Gasteiger partial charge >= 0.3 is 11.9 Å². The van der Waals surface area contributed by atoms with Gasteiger partial charge in [-0.3, -0.25) is 4.79 Å². The molecule has 5 saturated carbocycles. The van der Waals surface area contributed by atoms with Crippen molar-refractivity contribution in [2.24, 2.45) is 56.2 Å². The number of methoxy groups -OCH3 is 1. The monoisotopic (exact) mass is 924 g/mol. The Balaban J connectivity index is 0.947. The van der Waals surface area contributed by atoms with E-state index >= 15 is 0 Å². The van der Waals surface area contributed by atoms with Crippen LogP contribution < -0.4 is 0 Å². The number of hydrogen-bond donors (Lipinski definition) is 9. The van der Waals surface area contributed by atoms with E-state index in [0.717, 1.165) is 52.1 Å². The maximum Gasteiger partial charge on any atom is 0.337 e. The summed E-state index contributed by atoms with van der Waals surface area (Å²) >= 11 is 0. The van der Waals surface area contributed by atoms with Crippen LogP contribution in [0.4, 0.5) is 0 Å². The molecule has 6 aliphatic carbocycles. The summed E-state index contributed by atoms with van der Waals surface area (Å²) in [5.74, 6) is -1.05. The molecule has 0 radical (unpaired) electrons. The van der Waals surface area contributed by atoms with Gasteiger partial charge in [0.15, 0.2) is 18.7 Å². The summed E-state index contributed by atoms with van der Waals surface area (Å²) in [5, 5.41) is 95.3. The number of carbonyl (C=O) groups excluding carboxylic acids is 2. The van der Waals surface area contributed by atoms with Gasteiger partial charge in [0.05, 0.1) is 31.8 Å². The van der Waals surface area contributed by atoms with Crippen molar-refractivity contribution in [2.45, 2.75) is 191 Å². The van der Waals surface area contributed by atoms with Gasteiger partial charge in [0.2, 0.25) is 6.29 Å². The van der Waals surface area contributed by atoms with Crippen LogP contribution in [0, 0.1) is 56.2 Å². The summed E-state index contributed by atoms with van der Waals surface area (Å²) in [6.45, 7) is 13.1. The van der Waals surface area contributed by atoms with Crippen LogP contribution in [0.5, 0.6) is 0 Å². The minimum atomic E-state index is -1.85. The van der Waals surface area contributed by atoms with Crippen LogP contribution in [0.25, 0.3) is 0 Å². The smallest absolute Gasteiger partial charge is 0.337 e. The van der Waals surface area contributed by atoms with Crippen LogP contribution in [0.2, 0.25) is 0 Å². The molecule has 0 aromatic heterocycles. The first-order valence-electron chi connectivity index (χ1n) is 23.7. The fraction of sp³-hybridized carbons (Fsp3) is 0.915. The first-order valence-corrected chi connectivity index (χ1v) is 23.7. The van der Waals surface area contributed by atoms with Crippen molar-refractivity contribution in [2.75, 3.05) is 20.3 Å². The van der Waals surface area contributed by atoms with Gasteiger partial charge < -0.3 is 79.1 Å². The molecule has 0 aromatic carbocycles. The van der Waals surface area contributed by atoms with E-state index in [2.05, 4.69) is 47.6 Å². The maximum atomic E-state index is 14.7. The molecule has 368 valence electrons. The Hall–Kier alpha value is -1.88. The molecule has 0 aromatic rings. The van der Waals surface area contributed by atoms with E-state index in [-0.39, 0.29) is 51.9 Å². The van der Waals surface area contributed by atoms with Crippen molar-refractivity contribution in [3.63, 3.8) is 0 Å². The van der Waals surface area contributed by atoms with Crippen molar-refractivity contribution in [3.05, 3.63) is 11.6 Å². The van der Waals surface area contributed by atoms with E-state index in [1.54, 1.807) is 0 Å². The molecule has 18 nitrogen and oxygen atoms in total. The van der Waals surface area contributed by atoms with Crippen molar-refractivity contribution in [1.82, 2.24) is 0 Å². The summed E-state index contributed by atoms with van der Waals surface area (Å²) in [4.78, 5) is 27.1. The molecule has 3 heterocycles. The van der Waals surface area contributed by atoms with Crippen LogP contribution >= 0.6 is 0 Å². The molecule has 4 bridgehead atoms. The normalized spacial score (nSPS) is 55.6. The summed E-state index contributed by atoms with van der Waals surface area (Å²) < 4.78 is 40.7. The molecule has 9 rings (SSSR count). The Labute approximate surface area is 379 Å². The SMILES string of the molecule is COC(=O)C1OC(OC2C(OC3CCC4(C)C(CCC5(C)C4CC=C4C6CC7(C)CCC6(C(=O)OC6OC(CO)C(O)C(O)C6O)C7CC45C)C3(C)C)OCC(O)C2O)C(O)C(O)C1O. The minimum absolute atomic E-state index is 0.000510. The highest BCUT2D eigenvalue weighted by Crippen LogP contribution is 2.82. The van der Waals surface area contributed by atoms with E-state index in [1.165, 1.54) is 5.57 Å². The van der Waals surface area contributed by atoms with Gasteiger partial charge in [-0.2, -0.15) is 0 Å². The van der Waals surface area contributed by atoms with Crippen LogP contribution in [0.3, 0.4) is 0 Å². The minimum Gasteiger partial charge on any atom is -0.467 e. The molecular formula is C47H72O18. The second-order valence-electron chi connectivity index (χ2n) is 22.9. The van der Waals surface area contributed by atoms with Gasteiger partial charge in [-0.25, -0.2) is 4.79 Å². The molecule has 0 amide bonds. The topological polar surface area (TPSA) is 281 Å². The van der Waals surface area contributed by atoms with Crippen molar-refractivity contribution >= 4 is 11.9 Å². The summed E-state index contributed by atoms with van der Waals surface area (Å²) in [6, 6.07) is 0. The lowest BCUT2D eigenvalue weighted by Crippen LogP contribution is -2.66. The third-order valence-corrected chi connectivity index (χ3v) is 19.8. The molecular weight excluding hydrogens is 852 g/mol. The molecule has 18 heteroatoms. The highest BCUT2D eigenvalue weighted by atomic mass is 16.8. The molecule has 9 aliphatic rings. The fourth-order valence-electron chi connectivity index (χ4n) is 16.0. The predicted octanol–water partition coefficient (Wildman–Crippen LogP) is 0.180. The van der Waals surface area contributed by atoms with E-state index in [0.29, 0.717) is 12.8 Å². The molecule has 24 atom stereocenters. The third-order valence-electron chi connectivity index (χ3n) is 19.8. The number of fused-ring (bicyclic) bond motifs is 6. The number of hydrogen-bond acceptors (Lipinski definition) is 18. The number of ether oxygens (including phenoxy) is 7. The van der Waals surface area contributed by atoms with E-state index in [1.807, 2.05) is 0 Å². The van der Waals surface area contributed by atoms with Gasteiger partial charge in [0.1, 0.15) is 61.0 Å². The Morgan fingerprint density at radius 1 is 0.723 bits per heavy atom. The first kappa shape index (κ1) is 48.2. The van der Waals surface area contributed by atoms with Crippen molar-refractivity contribution in [3.8, 4) is 0 Å². The Bertz CT molecular complexity index is 1880. The van der Waals surface area contributed by atoms with Crippen LogP contribution in [0.1, 0.15) is 99.3 Å². The average molecular weight is 925 g/mol. The number of aliphatic hydroxyl groups is 9. The summed E-state index contributed by atoms with van der Waals surface area (Å²) in [5.41, 5.74) is -0.543. The zero-order chi connectivity index (χ0) is 47.1. The Morgan fingerprint density at radius 3 is 2.11 bits per heavy atom. The highest BCUT2D eigenvalue weighted by molar-refractivity contribution is 5.81. The van der Waals surface area contributed by atoms with Crippen LogP contribution in [-0.2, 0) is 42.7 Å². The fourth-order valence-corrected chi connectivity index (χ4v) is 16.0. The largest absolute Gasteiger partial charge is 0.467 e. The van der Waals surface area contributed by atoms with Crippen LogP contribution in [0.15, 0.2) is 11.6 Å². The second kappa shape index (κ2) is 16.4. The maximum absolute atomic E-state index is 14.7. The quantitative estimate of drug-likeness (QED) is 0.0892. The van der Waals surface area contributed by atoms with E-state index < -0.39 is 121 Å². The van der Waals surface area contributed by atoms with Crippen LogP contribution in [-0.4, -0.2) is 170 Å². The number of aliphatic hydroxyl groups excluding tert-OH is 9. The molecule has 65 heavy (non-hydrogen) atoms. The zero-order valence-electron chi connectivity index (χ0n) is 38.5. The molecule has 24 unspecified atom stereocenters. The standard InChI is InChI=1S/C47H72O18/c1-42(2)24-10-13-45(5)25(44(24,4)12-11-27(42)62-40-36(28(50)22(49)19-60-40)64-39-34(56)31(53)32(54)35(63-39)37(57)59-7)9-8-20-21-16-43(3)14-15-47(21,26(43)17-46(20,45)6)41(58)65-38-33(55)30(52)29(51)23(18-48)61-38/h8,21-36,38-40,48-56H,9-19H2,1-7H3. The van der Waals surface area contributed by atoms with E-state index in [9.17, 15) is 55.5 Å². The number of rotatable bonds is 8. The van der Waals surface area contributed by atoms with Crippen molar-refractivity contribution in [1.29, 1.82) is 0 Å². The predicted molar refractivity (Wildman–Crippen MR) is 222 cm³/mol. The molecule has 8 fully saturated rings. The molecule has 0 spiro atoms. The third kappa shape index (κ3) is 6.77. The second-order valence-corrected chi connectivity index (χ2v) is 22.9. The zero-order valence-corrected chi connectivity index (χ0v) is 38.5. The lowest BCUT2D eigenvalue weighted by molar-refractivity contribution is -0.363. The lowest BCUT2D eigenvalue weighted by Gasteiger charge is -2.70. The first-order chi connectivity index (χ1) is 30.4. The van der Waals surface area contributed by atoms with Crippen molar-refractivity contribution < 1.29 is 88.7 Å². The highest BCUT2D eigenvalue weighted by Gasteiger charge is 2.78. The number of esters is 2. The molecule has 9 N–H and O–H groups in total. The number of carbonyl (C=O) groups is 2.